The van der Waals surface area contributed by atoms with E-state index in [4.69, 9.17) is 4.74 Å². The Morgan fingerprint density at radius 1 is 1.33 bits per heavy atom. The molecular formula is C17H22N2OS. The van der Waals surface area contributed by atoms with Gasteiger partial charge in [0.1, 0.15) is 0 Å². The van der Waals surface area contributed by atoms with Crippen LogP contribution in [-0.4, -0.2) is 24.2 Å². The molecule has 1 atom stereocenters. The Morgan fingerprint density at radius 3 is 2.81 bits per heavy atom. The fourth-order valence-electron chi connectivity index (χ4n) is 2.36. The van der Waals surface area contributed by atoms with Crippen molar-refractivity contribution in [3.05, 3.63) is 52.0 Å². The monoisotopic (exact) mass is 302 g/mol. The summed E-state index contributed by atoms with van der Waals surface area (Å²) in [6.45, 7) is 3.71. The van der Waals surface area contributed by atoms with Crippen LogP contribution in [0.3, 0.4) is 0 Å². The molecule has 1 aromatic carbocycles. The highest BCUT2D eigenvalue weighted by Gasteiger charge is 2.22. The lowest BCUT2D eigenvalue weighted by molar-refractivity contribution is 0.0547. The van der Waals surface area contributed by atoms with E-state index in [0.717, 1.165) is 25.3 Å². The van der Waals surface area contributed by atoms with E-state index in [2.05, 4.69) is 47.6 Å². The molecule has 112 valence electrons. The number of benzene rings is 1. The molecule has 1 N–H and O–H groups in total. The summed E-state index contributed by atoms with van der Waals surface area (Å²) in [5.41, 5.74) is 4.30. The van der Waals surface area contributed by atoms with Crippen molar-refractivity contribution in [1.82, 2.24) is 10.3 Å². The molecule has 0 amide bonds. The first-order valence-electron chi connectivity index (χ1n) is 7.62. The number of nitrogens with one attached hydrogen (secondary N) is 1. The molecular weight excluding hydrogens is 280 g/mol. The second-order valence-electron chi connectivity index (χ2n) is 5.56. The molecule has 3 nitrogen and oxygen atoms in total. The Bertz CT molecular complexity index is 551. The van der Waals surface area contributed by atoms with E-state index in [1.165, 1.54) is 23.3 Å². The molecule has 21 heavy (non-hydrogen) atoms. The molecule has 1 aromatic heterocycles. The topological polar surface area (TPSA) is 34.1 Å². The third kappa shape index (κ3) is 4.37. The standard InChI is InChI=1S/C17H22N2OS/c1-13-17(21-12-19-13)9-10-20-16(11-18-15-7-8-15)14-5-3-2-4-6-14/h2-6,12,15-16,18H,7-11H2,1H3. The summed E-state index contributed by atoms with van der Waals surface area (Å²) in [7, 11) is 0. The molecule has 2 aromatic rings. The van der Waals surface area contributed by atoms with Gasteiger partial charge in [-0.1, -0.05) is 30.3 Å². The number of thiazole rings is 1. The molecule has 0 spiro atoms. The number of hydrogen-bond donors (Lipinski definition) is 1. The van der Waals surface area contributed by atoms with Crippen molar-refractivity contribution in [2.24, 2.45) is 0 Å². The van der Waals surface area contributed by atoms with Gasteiger partial charge in [-0.25, -0.2) is 4.98 Å². The number of rotatable bonds is 8. The Hall–Kier alpha value is -1.23. The van der Waals surface area contributed by atoms with E-state index < -0.39 is 0 Å². The molecule has 1 unspecified atom stereocenters. The van der Waals surface area contributed by atoms with E-state index in [0.29, 0.717) is 6.04 Å². The Labute approximate surface area is 130 Å². The predicted molar refractivity (Wildman–Crippen MR) is 86.7 cm³/mol. The zero-order valence-electron chi connectivity index (χ0n) is 12.4. The van der Waals surface area contributed by atoms with Gasteiger partial charge < -0.3 is 10.1 Å². The number of nitrogens with zero attached hydrogens (tertiary/aromatic N) is 1. The number of aromatic nitrogens is 1. The summed E-state index contributed by atoms with van der Waals surface area (Å²) >= 11 is 1.72. The normalized spacial score (nSPS) is 16.0. The van der Waals surface area contributed by atoms with Gasteiger partial charge in [-0.2, -0.15) is 0 Å². The average Bonchev–Trinajstić information content (AvgIpc) is 3.26. The van der Waals surface area contributed by atoms with Crippen LogP contribution in [0.4, 0.5) is 0 Å². The van der Waals surface area contributed by atoms with Crippen molar-refractivity contribution in [3.63, 3.8) is 0 Å². The highest BCUT2D eigenvalue weighted by Crippen LogP contribution is 2.22. The summed E-state index contributed by atoms with van der Waals surface area (Å²) in [5.74, 6) is 0. The number of aryl methyl sites for hydroxylation is 1. The fourth-order valence-corrected chi connectivity index (χ4v) is 3.12. The largest absolute Gasteiger partial charge is 0.372 e. The molecule has 1 heterocycles. The van der Waals surface area contributed by atoms with Crippen LogP contribution < -0.4 is 5.32 Å². The summed E-state index contributed by atoms with van der Waals surface area (Å²) in [4.78, 5) is 5.62. The minimum absolute atomic E-state index is 0.139. The van der Waals surface area contributed by atoms with Crippen molar-refractivity contribution in [1.29, 1.82) is 0 Å². The van der Waals surface area contributed by atoms with E-state index in [-0.39, 0.29) is 6.10 Å². The summed E-state index contributed by atoms with van der Waals surface area (Å²) < 4.78 is 6.15. The van der Waals surface area contributed by atoms with Gasteiger partial charge >= 0.3 is 0 Å². The van der Waals surface area contributed by atoms with Crippen LogP contribution in [0.2, 0.25) is 0 Å². The summed E-state index contributed by atoms with van der Waals surface area (Å²) in [6.07, 6.45) is 3.70. The van der Waals surface area contributed by atoms with Crippen molar-refractivity contribution in [2.75, 3.05) is 13.2 Å². The molecule has 4 heteroatoms. The molecule has 0 radical (unpaired) electrons. The first kappa shape index (κ1) is 14.7. The lowest BCUT2D eigenvalue weighted by Crippen LogP contribution is -2.25. The highest BCUT2D eigenvalue weighted by atomic mass is 32.1. The van der Waals surface area contributed by atoms with Crippen molar-refractivity contribution < 1.29 is 4.74 Å². The van der Waals surface area contributed by atoms with Crippen LogP contribution in [-0.2, 0) is 11.2 Å². The van der Waals surface area contributed by atoms with E-state index in [1.54, 1.807) is 11.3 Å². The van der Waals surface area contributed by atoms with Gasteiger partial charge in [-0.3, -0.25) is 0 Å². The molecule has 1 aliphatic carbocycles. The van der Waals surface area contributed by atoms with E-state index in [1.807, 2.05) is 5.51 Å². The smallest absolute Gasteiger partial charge is 0.0949 e. The van der Waals surface area contributed by atoms with Gasteiger partial charge in [0.15, 0.2) is 0 Å². The Kier molecular flexibility index (Phi) is 5.01. The second-order valence-corrected chi connectivity index (χ2v) is 6.50. The van der Waals surface area contributed by atoms with Gasteiger partial charge in [0.05, 0.1) is 23.9 Å². The minimum atomic E-state index is 0.139. The molecule has 1 fully saturated rings. The predicted octanol–water partition coefficient (Wildman–Crippen LogP) is 3.50. The molecule has 0 bridgehead atoms. The number of hydrogen-bond acceptors (Lipinski definition) is 4. The Morgan fingerprint density at radius 2 is 2.14 bits per heavy atom. The minimum Gasteiger partial charge on any atom is -0.372 e. The maximum atomic E-state index is 6.15. The van der Waals surface area contributed by atoms with Crippen LogP contribution in [0.15, 0.2) is 35.8 Å². The first-order chi connectivity index (χ1) is 10.3. The highest BCUT2D eigenvalue weighted by molar-refractivity contribution is 7.09. The quantitative estimate of drug-likeness (QED) is 0.810. The molecule has 1 saturated carbocycles. The van der Waals surface area contributed by atoms with E-state index in [9.17, 15) is 0 Å². The van der Waals surface area contributed by atoms with Gasteiger partial charge in [0.2, 0.25) is 0 Å². The van der Waals surface area contributed by atoms with Gasteiger partial charge in [-0.05, 0) is 25.3 Å². The van der Waals surface area contributed by atoms with E-state index >= 15 is 0 Å². The Balaban J connectivity index is 1.55. The van der Waals surface area contributed by atoms with Crippen LogP contribution in [0.5, 0.6) is 0 Å². The zero-order valence-corrected chi connectivity index (χ0v) is 13.2. The maximum Gasteiger partial charge on any atom is 0.0949 e. The van der Waals surface area contributed by atoms with Crippen LogP contribution in [0, 0.1) is 6.92 Å². The van der Waals surface area contributed by atoms with Crippen molar-refractivity contribution in [2.45, 2.75) is 38.3 Å². The molecule has 0 saturated heterocycles. The lowest BCUT2D eigenvalue weighted by atomic mass is 10.1. The summed E-state index contributed by atoms with van der Waals surface area (Å²) in [6, 6.07) is 11.2. The van der Waals surface area contributed by atoms with Crippen LogP contribution in [0.25, 0.3) is 0 Å². The molecule has 1 aliphatic rings. The number of ether oxygens (including phenoxy) is 1. The van der Waals surface area contributed by atoms with Crippen LogP contribution >= 0.6 is 11.3 Å². The average molecular weight is 302 g/mol. The summed E-state index contributed by atoms with van der Waals surface area (Å²) in [5, 5.41) is 3.58. The van der Waals surface area contributed by atoms with Gasteiger partial charge in [-0.15, -0.1) is 11.3 Å². The van der Waals surface area contributed by atoms with Crippen molar-refractivity contribution in [3.8, 4) is 0 Å². The van der Waals surface area contributed by atoms with Gasteiger partial charge in [0, 0.05) is 23.9 Å². The van der Waals surface area contributed by atoms with Crippen LogP contribution in [0.1, 0.15) is 35.1 Å². The van der Waals surface area contributed by atoms with Crippen molar-refractivity contribution >= 4 is 11.3 Å². The molecule has 3 rings (SSSR count). The SMILES string of the molecule is Cc1ncsc1CCOC(CNC1CC1)c1ccccc1. The molecule has 0 aliphatic heterocycles. The first-order valence-corrected chi connectivity index (χ1v) is 8.50. The van der Waals surface area contributed by atoms with Gasteiger partial charge in [0.25, 0.3) is 0 Å². The second kappa shape index (κ2) is 7.16. The fraction of sp³-hybridized carbons (Fsp3) is 0.471. The third-order valence-electron chi connectivity index (χ3n) is 3.83. The maximum absolute atomic E-state index is 6.15. The third-order valence-corrected chi connectivity index (χ3v) is 4.83. The lowest BCUT2D eigenvalue weighted by Gasteiger charge is -2.19. The zero-order chi connectivity index (χ0) is 14.5.